The molecule has 4 heteroatoms. The van der Waals surface area contributed by atoms with Crippen molar-refractivity contribution in [1.82, 2.24) is 5.32 Å². The summed E-state index contributed by atoms with van der Waals surface area (Å²) >= 11 is 0. The van der Waals surface area contributed by atoms with Gasteiger partial charge in [-0.1, -0.05) is 19.3 Å². The molecule has 1 saturated heterocycles. The summed E-state index contributed by atoms with van der Waals surface area (Å²) < 4.78 is 5.03. The minimum Gasteiger partial charge on any atom is -0.462 e. The molecule has 0 radical (unpaired) electrons. The summed E-state index contributed by atoms with van der Waals surface area (Å²) in [6, 6.07) is 9.14. The van der Waals surface area contributed by atoms with E-state index in [1.54, 1.807) is 0 Å². The number of hydrogen-bond donors (Lipinski definition) is 1. The van der Waals surface area contributed by atoms with Gasteiger partial charge in [-0.05, 0) is 50.5 Å². The van der Waals surface area contributed by atoms with Gasteiger partial charge >= 0.3 is 5.97 Å². The maximum atomic E-state index is 11.7. The molecule has 1 aromatic rings. The Kier molecular flexibility index (Phi) is 5.55. The van der Waals surface area contributed by atoms with Gasteiger partial charge in [0.25, 0.3) is 0 Å². The van der Waals surface area contributed by atoms with Crippen LogP contribution >= 0.6 is 0 Å². The van der Waals surface area contributed by atoms with Gasteiger partial charge in [-0.15, -0.1) is 0 Å². The zero-order chi connectivity index (χ0) is 16.1. The molecule has 3 rings (SSSR count). The number of carbonyl (C=O) groups is 1. The van der Waals surface area contributed by atoms with Crippen LogP contribution in [0.4, 0.5) is 5.69 Å². The first-order valence-electron chi connectivity index (χ1n) is 9.04. The lowest BCUT2D eigenvalue weighted by molar-refractivity contribution is 0.0526. The fraction of sp³-hybridized carbons (Fsp3) is 0.632. The highest BCUT2D eigenvalue weighted by Gasteiger charge is 2.25. The largest absolute Gasteiger partial charge is 0.462 e. The van der Waals surface area contributed by atoms with Crippen LogP contribution in [-0.2, 0) is 4.74 Å². The van der Waals surface area contributed by atoms with Crippen LogP contribution in [-0.4, -0.2) is 37.7 Å². The molecule has 2 fully saturated rings. The molecule has 1 atom stereocenters. The van der Waals surface area contributed by atoms with Gasteiger partial charge in [0.1, 0.15) is 0 Å². The second-order valence-electron chi connectivity index (χ2n) is 6.70. The highest BCUT2D eigenvalue weighted by atomic mass is 16.5. The minimum absolute atomic E-state index is 0.239. The Morgan fingerprint density at radius 3 is 2.57 bits per heavy atom. The van der Waals surface area contributed by atoms with E-state index in [0.717, 1.165) is 19.1 Å². The third-order valence-corrected chi connectivity index (χ3v) is 5.01. The first-order valence-corrected chi connectivity index (χ1v) is 9.04. The van der Waals surface area contributed by atoms with Crippen molar-refractivity contribution in [3.8, 4) is 0 Å². The highest BCUT2D eigenvalue weighted by Crippen LogP contribution is 2.23. The molecule has 1 unspecified atom stereocenters. The lowest BCUT2D eigenvalue weighted by atomic mass is 9.95. The van der Waals surface area contributed by atoms with Crippen molar-refractivity contribution < 1.29 is 9.53 Å². The van der Waals surface area contributed by atoms with E-state index in [1.807, 2.05) is 31.2 Å². The number of nitrogens with one attached hydrogen (secondary N) is 1. The molecule has 0 aromatic heterocycles. The third kappa shape index (κ3) is 4.25. The van der Waals surface area contributed by atoms with Gasteiger partial charge in [-0.3, -0.25) is 0 Å². The van der Waals surface area contributed by atoms with Gasteiger partial charge in [0.15, 0.2) is 0 Å². The summed E-state index contributed by atoms with van der Waals surface area (Å²) in [6.45, 7) is 4.40. The average molecular weight is 316 g/mol. The second kappa shape index (κ2) is 7.82. The van der Waals surface area contributed by atoms with Crippen LogP contribution in [0.5, 0.6) is 0 Å². The predicted molar refractivity (Wildman–Crippen MR) is 93.0 cm³/mol. The maximum Gasteiger partial charge on any atom is 0.338 e. The van der Waals surface area contributed by atoms with Crippen LogP contribution in [0.15, 0.2) is 24.3 Å². The molecule has 4 nitrogen and oxygen atoms in total. The Morgan fingerprint density at radius 1 is 1.13 bits per heavy atom. The normalized spacial score (nSPS) is 22.3. The molecule has 0 amide bonds. The summed E-state index contributed by atoms with van der Waals surface area (Å²) in [4.78, 5) is 14.1. The minimum atomic E-state index is -0.239. The van der Waals surface area contributed by atoms with Crippen molar-refractivity contribution >= 4 is 11.7 Å². The summed E-state index contributed by atoms with van der Waals surface area (Å²) in [5.74, 6) is -0.239. The van der Waals surface area contributed by atoms with Gasteiger partial charge in [0, 0.05) is 30.9 Å². The SMILES string of the molecule is CCOC(=O)c1ccc(N2CCC(NC3CCCCC3)C2)cc1. The van der Waals surface area contributed by atoms with Crippen molar-refractivity contribution in [3.63, 3.8) is 0 Å². The summed E-state index contributed by atoms with van der Waals surface area (Å²) in [5.41, 5.74) is 1.83. The number of carbonyl (C=O) groups excluding carboxylic acids is 1. The molecule has 0 spiro atoms. The Labute approximate surface area is 139 Å². The van der Waals surface area contributed by atoms with Crippen molar-refractivity contribution in [1.29, 1.82) is 0 Å². The van der Waals surface area contributed by atoms with E-state index < -0.39 is 0 Å². The van der Waals surface area contributed by atoms with Gasteiger partial charge in [-0.2, -0.15) is 0 Å². The summed E-state index contributed by atoms with van der Waals surface area (Å²) in [6.07, 6.45) is 8.04. The van der Waals surface area contributed by atoms with Gasteiger partial charge in [-0.25, -0.2) is 4.79 Å². The Morgan fingerprint density at radius 2 is 1.87 bits per heavy atom. The van der Waals surface area contributed by atoms with Crippen LogP contribution in [0.1, 0.15) is 55.8 Å². The van der Waals surface area contributed by atoms with E-state index in [2.05, 4.69) is 10.2 Å². The molecule has 126 valence electrons. The summed E-state index contributed by atoms with van der Waals surface area (Å²) in [7, 11) is 0. The van der Waals surface area contributed by atoms with Crippen molar-refractivity contribution in [2.45, 2.75) is 57.5 Å². The maximum absolute atomic E-state index is 11.7. The molecule has 2 aliphatic rings. The fourth-order valence-corrected chi connectivity index (χ4v) is 3.76. The quantitative estimate of drug-likeness (QED) is 0.846. The zero-order valence-electron chi connectivity index (χ0n) is 14.1. The van der Waals surface area contributed by atoms with Crippen LogP contribution in [0, 0.1) is 0 Å². The monoisotopic (exact) mass is 316 g/mol. The number of rotatable bonds is 5. The number of benzene rings is 1. The van der Waals surface area contributed by atoms with Crippen LogP contribution in [0.2, 0.25) is 0 Å². The fourth-order valence-electron chi connectivity index (χ4n) is 3.76. The smallest absolute Gasteiger partial charge is 0.338 e. The number of ether oxygens (including phenoxy) is 1. The van der Waals surface area contributed by atoms with E-state index in [4.69, 9.17) is 4.74 Å². The Balaban J connectivity index is 1.53. The number of nitrogens with zero attached hydrogens (tertiary/aromatic N) is 1. The van der Waals surface area contributed by atoms with E-state index in [-0.39, 0.29) is 5.97 Å². The molecular formula is C19H28N2O2. The Hall–Kier alpha value is -1.55. The lowest BCUT2D eigenvalue weighted by Gasteiger charge is -2.27. The van der Waals surface area contributed by atoms with Crippen LogP contribution in [0.25, 0.3) is 0 Å². The van der Waals surface area contributed by atoms with Crippen LogP contribution in [0.3, 0.4) is 0 Å². The standard InChI is InChI=1S/C19H28N2O2/c1-2-23-19(22)15-8-10-18(11-9-15)21-13-12-17(14-21)20-16-6-4-3-5-7-16/h8-11,16-17,20H,2-7,12-14H2,1H3. The van der Waals surface area contributed by atoms with E-state index in [1.165, 1.54) is 44.2 Å². The third-order valence-electron chi connectivity index (χ3n) is 5.01. The lowest BCUT2D eigenvalue weighted by Crippen LogP contribution is -2.41. The molecule has 1 N–H and O–H groups in total. The molecular weight excluding hydrogens is 288 g/mol. The van der Waals surface area contributed by atoms with E-state index in [9.17, 15) is 4.79 Å². The second-order valence-corrected chi connectivity index (χ2v) is 6.70. The van der Waals surface area contributed by atoms with Gasteiger partial charge in [0.05, 0.1) is 12.2 Å². The van der Waals surface area contributed by atoms with Gasteiger partial charge in [0.2, 0.25) is 0 Å². The summed E-state index contributed by atoms with van der Waals surface area (Å²) in [5, 5.41) is 3.85. The topological polar surface area (TPSA) is 41.6 Å². The molecule has 23 heavy (non-hydrogen) atoms. The Bertz CT molecular complexity index is 509. The zero-order valence-corrected chi connectivity index (χ0v) is 14.1. The average Bonchev–Trinajstić information content (AvgIpc) is 3.05. The van der Waals surface area contributed by atoms with E-state index in [0.29, 0.717) is 18.2 Å². The number of hydrogen-bond acceptors (Lipinski definition) is 4. The van der Waals surface area contributed by atoms with Crippen molar-refractivity contribution in [2.75, 3.05) is 24.6 Å². The predicted octanol–water partition coefficient (Wildman–Crippen LogP) is 3.36. The van der Waals surface area contributed by atoms with Gasteiger partial charge < -0.3 is 15.0 Å². The number of esters is 1. The van der Waals surface area contributed by atoms with Crippen molar-refractivity contribution in [2.24, 2.45) is 0 Å². The molecule has 1 saturated carbocycles. The molecule has 1 aliphatic heterocycles. The molecule has 1 heterocycles. The molecule has 1 aromatic carbocycles. The highest BCUT2D eigenvalue weighted by molar-refractivity contribution is 5.89. The van der Waals surface area contributed by atoms with Crippen LogP contribution < -0.4 is 10.2 Å². The number of anilines is 1. The first-order chi connectivity index (χ1) is 11.3. The van der Waals surface area contributed by atoms with E-state index >= 15 is 0 Å². The van der Waals surface area contributed by atoms with Crippen molar-refractivity contribution in [3.05, 3.63) is 29.8 Å². The first kappa shape index (κ1) is 16.3. The molecule has 1 aliphatic carbocycles. The molecule has 0 bridgehead atoms.